The third-order valence-corrected chi connectivity index (χ3v) is 5.42. The van der Waals surface area contributed by atoms with Gasteiger partial charge in [-0.25, -0.2) is 0 Å². The molecule has 0 aliphatic heterocycles. The summed E-state index contributed by atoms with van der Waals surface area (Å²) in [4.78, 5) is 30.9. The number of ether oxygens (including phenoxy) is 3. The number of anilines is 1. The Balaban J connectivity index is 1.77. The van der Waals surface area contributed by atoms with Gasteiger partial charge >= 0.3 is 0 Å². The van der Waals surface area contributed by atoms with Crippen LogP contribution in [-0.2, 0) is 6.54 Å². The minimum Gasteiger partial charge on any atom is -0.497 e. The van der Waals surface area contributed by atoms with Gasteiger partial charge in [-0.2, -0.15) is 0 Å². The van der Waals surface area contributed by atoms with Crippen molar-refractivity contribution in [2.45, 2.75) is 6.54 Å². The summed E-state index contributed by atoms with van der Waals surface area (Å²) < 4.78 is 15.9. The van der Waals surface area contributed by atoms with Crippen molar-refractivity contribution in [1.82, 2.24) is 4.98 Å². The molecule has 7 heteroatoms. The first-order chi connectivity index (χ1) is 16.0. The van der Waals surface area contributed by atoms with Gasteiger partial charge in [0.1, 0.15) is 5.75 Å². The third-order valence-electron chi connectivity index (χ3n) is 5.42. The Morgan fingerprint density at radius 3 is 2.27 bits per heavy atom. The topological polar surface area (TPSA) is 80.9 Å². The lowest BCUT2D eigenvalue weighted by atomic mass is 10.1. The summed E-state index contributed by atoms with van der Waals surface area (Å²) in [5.41, 5.74) is 2.00. The molecule has 4 rings (SSSR count). The molecule has 1 aromatic heterocycles. The highest BCUT2D eigenvalue weighted by atomic mass is 16.5. The van der Waals surface area contributed by atoms with Crippen molar-refractivity contribution in [3.63, 3.8) is 0 Å². The first kappa shape index (κ1) is 22.0. The van der Waals surface area contributed by atoms with Crippen molar-refractivity contribution >= 4 is 22.5 Å². The van der Waals surface area contributed by atoms with E-state index < -0.39 is 0 Å². The molecule has 3 aromatic carbocycles. The summed E-state index contributed by atoms with van der Waals surface area (Å²) in [7, 11) is 4.63. The molecule has 4 aromatic rings. The van der Waals surface area contributed by atoms with E-state index in [1.807, 2.05) is 30.3 Å². The van der Waals surface area contributed by atoms with Crippen LogP contribution in [0.15, 0.2) is 77.6 Å². The number of para-hydroxylation sites is 1. The molecule has 33 heavy (non-hydrogen) atoms. The highest BCUT2D eigenvalue weighted by molar-refractivity contribution is 6.06. The fourth-order valence-electron chi connectivity index (χ4n) is 3.65. The zero-order valence-corrected chi connectivity index (χ0v) is 18.6. The maximum Gasteiger partial charge on any atom is 0.258 e. The Bertz CT molecular complexity index is 1350. The van der Waals surface area contributed by atoms with Crippen molar-refractivity contribution in [2.24, 2.45) is 0 Å². The highest BCUT2D eigenvalue weighted by Gasteiger charge is 2.21. The van der Waals surface area contributed by atoms with Gasteiger partial charge in [-0.15, -0.1) is 0 Å². The van der Waals surface area contributed by atoms with Gasteiger partial charge in [-0.3, -0.25) is 9.59 Å². The molecule has 7 nitrogen and oxygen atoms in total. The van der Waals surface area contributed by atoms with E-state index in [-0.39, 0.29) is 18.0 Å². The van der Waals surface area contributed by atoms with Crippen LogP contribution >= 0.6 is 0 Å². The SMILES string of the molecule is COc1ccc(N(Cc2cc3ccccc3[nH]c2=O)C(=O)c2ccc(OC)c(OC)c2)cc1. The van der Waals surface area contributed by atoms with Crippen molar-refractivity contribution in [2.75, 3.05) is 26.2 Å². The fourth-order valence-corrected chi connectivity index (χ4v) is 3.65. The first-order valence-corrected chi connectivity index (χ1v) is 10.3. The summed E-state index contributed by atoms with van der Waals surface area (Å²) in [5, 5.41) is 0.889. The summed E-state index contributed by atoms with van der Waals surface area (Å²) in [6, 6.07) is 21.4. The molecule has 0 spiro atoms. The molecule has 0 saturated carbocycles. The van der Waals surface area contributed by atoms with Gasteiger partial charge in [0.25, 0.3) is 11.5 Å². The molecule has 0 atom stereocenters. The predicted octanol–water partition coefficient (Wildman–Crippen LogP) is 4.40. The monoisotopic (exact) mass is 444 g/mol. The van der Waals surface area contributed by atoms with Gasteiger partial charge in [0.15, 0.2) is 11.5 Å². The highest BCUT2D eigenvalue weighted by Crippen LogP contribution is 2.30. The van der Waals surface area contributed by atoms with Crippen molar-refractivity contribution in [3.05, 3.63) is 94.3 Å². The Hall–Kier alpha value is -4.26. The van der Waals surface area contributed by atoms with E-state index >= 15 is 0 Å². The second-order valence-electron chi connectivity index (χ2n) is 7.37. The van der Waals surface area contributed by atoms with Gasteiger partial charge in [0, 0.05) is 22.3 Å². The van der Waals surface area contributed by atoms with E-state index in [4.69, 9.17) is 14.2 Å². The Morgan fingerprint density at radius 2 is 1.58 bits per heavy atom. The zero-order valence-electron chi connectivity index (χ0n) is 18.6. The lowest BCUT2D eigenvalue weighted by Gasteiger charge is -2.23. The second kappa shape index (κ2) is 9.48. The van der Waals surface area contributed by atoms with Gasteiger partial charge in [-0.05, 0) is 60.0 Å². The summed E-state index contributed by atoms with van der Waals surface area (Å²) >= 11 is 0. The van der Waals surface area contributed by atoms with Gasteiger partial charge in [0.2, 0.25) is 0 Å². The molecule has 0 unspecified atom stereocenters. The number of amides is 1. The quantitative estimate of drug-likeness (QED) is 0.457. The molecular formula is C26H24N2O5. The first-order valence-electron chi connectivity index (χ1n) is 10.3. The predicted molar refractivity (Wildman–Crippen MR) is 128 cm³/mol. The van der Waals surface area contributed by atoms with Gasteiger partial charge in [-0.1, -0.05) is 18.2 Å². The molecule has 0 aliphatic carbocycles. The van der Waals surface area contributed by atoms with Crippen molar-refractivity contribution < 1.29 is 19.0 Å². The number of H-pyrrole nitrogens is 1. The van der Waals surface area contributed by atoms with Crippen LogP contribution in [0, 0.1) is 0 Å². The molecule has 168 valence electrons. The number of hydrogen-bond donors (Lipinski definition) is 1. The van der Waals surface area contributed by atoms with E-state index in [0.717, 1.165) is 10.9 Å². The van der Waals surface area contributed by atoms with Crippen LogP contribution in [0.2, 0.25) is 0 Å². The number of pyridine rings is 1. The Morgan fingerprint density at radius 1 is 0.848 bits per heavy atom. The van der Waals surface area contributed by atoms with Crippen molar-refractivity contribution in [1.29, 1.82) is 0 Å². The number of carbonyl (C=O) groups excluding carboxylic acids is 1. The number of nitrogens with one attached hydrogen (secondary N) is 1. The average Bonchev–Trinajstić information content (AvgIpc) is 2.86. The molecule has 1 amide bonds. The van der Waals surface area contributed by atoms with Crippen LogP contribution in [0.5, 0.6) is 17.2 Å². The van der Waals surface area contributed by atoms with Crippen molar-refractivity contribution in [3.8, 4) is 17.2 Å². The number of carbonyl (C=O) groups is 1. The number of rotatable bonds is 7. The smallest absolute Gasteiger partial charge is 0.258 e. The van der Waals surface area contributed by atoms with E-state index in [0.29, 0.717) is 34.1 Å². The molecule has 0 saturated heterocycles. The van der Waals surface area contributed by atoms with E-state index in [2.05, 4.69) is 4.98 Å². The van der Waals surface area contributed by atoms with Gasteiger partial charge in [0.05, 0.1) is 27.9 Å². The van der Waals surface area contributed by atoms with Crippen LogP contribution in [0.25, 0.3) is 10.9 Å². The average molecular weight is 444 g/mol. The largest absolute Gasteiger partial charge is 0.497 e. The molecule has 0 aliphatic rings. The molecular weight excluding hydrogens is 420 g/mol. The lowest BCUT2D eigenvalue weighted by Crippen LogP contribution is -2.33. The minimum absolute atomic E-state index is 0.0830. The van der Waals surface area contributed by atoms with Crippen LogP contribution in [0.1, 0.15) is 15.9 Å². The molecule has 0 fully saturated rings. The van der Waals surface area contributed by atoms with E-state index in [1.165, 1.54) is 14.2 Å². The summed E-state index contributed by atoms with van der Waals surface area (Å²) in [6.07, 6.45) is 0. The van der Waals surface area contributed by atoms with Gasteiger partial charge < -0.3 is 24.1 Å². The van der Waals surface area contributed by atoms with Crippen LogP contribution in [0.4, 0.5) is 5.69 Å². The number of aromatic amines is 1. The number of aromatic nitrogens is 1. The Kier molecular flexibility index (Phi) is 6.31. The number of fused-ring (bicyclic) bond motifs is 1. The van der Waals surface area contributed by atoms with E-state index in [9.17, 15) is 9.59 Å². The third kappa shape index (κ3) is 4.52. The van der Waals surface area contributed by atoms with Crippen LogP contribution in [-0.4, -0.2) is 32.2 Å². The van der Waals surface area contributed by atoms with Crippen LogP contribution in [0.3, 0.4) is 0 Å². The Labute approximate surface area is 191 Å². The molecule has 1 heterocycles. The summed E-state index contributed by atoms with van der Waals surface area (Å²) in [6.45, 7) is 0.0830. The number of hydrogen-bond acceptors (Lipinski definition) is 5. The molecule has 0 bridgehead atoms. The van der Waals surface area contributed by atoms with E-state index in [1.54, 1.807) is 54.5 Å². The lowest BCUT2D eigenvalue weighted by molar-refractivity contribution is 0.0984. The number of benzene rings is 3. The number of methoxy groups -OCH3 is 3. The van der Waals surface area contributed by atoms with Crippen LogP contribution < -0.4 is 24.7 Å². The zero-order chi connectivity index (χ0) is 23.4. The second-order valence-corrected chi connectivity index (χ2v) is 7.37. The standard InChI is InChI=1S/C26H24N2O5/c1-31-21-11-9-20(10-12-21)28(26(30)18-8-13-23(32-2)24(15-18)33-3)16-19-14-17-6-4-5-7-22(17)27-25(19)29/h4-15H,16H2,1-3H3,(H,27,29). The maximum atomic E-state index is 13.6. The summed E-state index contributed by atoms with van der Waals surface area (Å²) in [5.74, 6) is 1.35. The molecule has 0 radical (unpaired) electrons. The maximum absolute atomic E-state index is 13.6. The number of nitrogens with zero attached hydrogens (tertiary/aromatic N) is 1. The normalized spacial score (nSPS) is 10.6. The fraction of sp³-hybridized carbons (Fsp3) is 0.154. The minimum atomic E-state index is -0.284. The molecule has 1 N–H and O–H groups in total.